The van der Waals surface area contributed by atoms with Gasteiger partial charge < -0.3 is 0 Å². The highest BCUT2D eigenvalue weighted by atomic mass is 32.1. The number of benzene rings is 1. The van der Waals surface area contributed by atoms with Gasteiger partial charge in [-0.3, -0.25) is 19.5 Å². The first-order valence-corrected chi connectivity index (χ1v) is 8.37. The summed E-state index contributed by atoms with van der Waals surface area (Å²) in [6.07, 6.45) is 4.11. The van der Waals surface area contributed by atoms with Crippen LogP contribution in [-0.4, -0.2) is 33.2 Å². The number of pyridine rings is 1. The number of carbonyl (C=O) groups is 2. The molecule has 1 aliphatic rings. The van der Waals surface area contributed by atoms with E-state index in [0.29, 0.717) is 24.1 Å². The average Bonchev–Trinajstić information content (AvgIpc) is 3.19. The molecule has 2 aromatic heterocycles. The van der Waals surface area contributed by atoms with Crippen molar-refractivity contribution in [3.8, 4) is 10.7 Å². The zero-order chi connectivity index (χ0) is 16.5. The molecular formula is C18H13N3O2S. The summed E-state index contributed by atoms with van der Waals surface area (Å²) in [5.74, 6) is -0.435. The summed E-state index contributed by atoms with van der Waals surface area (Å²) in [4.78, 5) is 35.7. The Morgan fingerprint density at radius 3 is 2.29 bits per heavy atom. The molecule has 1 aromatic carbocycles. The largest absolute Gasteiger partial charge is 0.274 e. The molecule has 3 aromatic rings. The summed E-state index contributed by atoms with van der Waals surface area (Å²) >= 11 is 1.53. The van der Waals surface area contributed by atoms with Crippen molar-refractivity contribution >= 4 is 23.2 Å². The van der Waals surface area contributed by atoms with Crippen LogP contribution >= 0.6 is 11.3 Å². The Labute approximate surface area is 142 Å². The highest BCUT2D eigenvalue weighted by Gasteiger charge is 2.34. The topological polar surface area (TPSA) is 63.2 Å². The van der Waals surface area contributed by atoms with Crippen molar-refractivity contribution in [2.45, 2.75) is 6.42 Å². The minimum absolute atomic E-state index is 0.218. The lowest BCUT2D eigenvalue weighted by molar-refractivity contribution is 0.0656. The summed E-state index contributed by atoms with van der Waals surface area (Å²) in [6.45, 7) is 0.357. The molecule has 118 valence electrons. The third-order valence-electron chi connectivity index (χ3n) is 3.90. The first-order chi connectivity index (χ1) is 11.7. The van der Waals surface area contributed by atoms with Gasteiger partial charge in [-0.2, -0.15) is 0 Å². The van der Waals surface area contributed by atoms with Crippen LogP contribution < -0.4 is 0 Å². The fourth-order valence-corrected chi connectivity index (χ4v) is 3.57. The molecule has 0 saturated heterocycles. The Kier molecular flexibility index (Phi) is 3.66. The molecule has 0 spiro atoms. The third kappa shape index (κ3) is 2.51. The molecule has 0 unspecified atom stereocenters. The molecule has 0 N–H and O–H groups in total. The second kappa shape index (κ2) is 5.98. The van der Waals surface area contributed by atoms with Crippen molar-refractivity contribution in [2.75, 3.05) is 6.54 Å². The predicted octanol–water partition coefficient (Wildman–Crippen LogP) is 3.04. The van der Waals surface area contributed by atoms with Crippen molar-refractivity contribution in [3.63, 3.8) is 0 Å². The van der Waals surface area contributed by atoms with Crippen LogP contribution in [0.3, 0.4) is 0 Å². The Morgan fingerprint density at radius 2 is 1.62 bits per heavy atom. The molecule has 5 nitrogen and oxygen atoms in total. The molecule has 0 atom stereocenters. The van der Waals surface area contributed by atoms with Gasteiger partial charge >= 0.3 is 0 Å². The summed E-state index contributed by atoms with van der Waals surface area (Å²) in [6, 6.07) is 12.6. The van der Waals surface area contributed by atoms with Gasteiger partial charge in [0.1, 0.15) is 5.01 Å². The minimum Gasteiger partial charge on any atom is -0.274 e. The number of nitrogens with zero attached hydrogens (tertiary/aromatic N) is 3. The molecule has 0 saturated carbocycles. The first-order valence-electron chi connectivity index (χ1n) is 7.55. The quantitative estimate of drug-likeness (QED) is 0.688. The number of carbonyl (C=O) groups excluding carboxylic acids is 2. The number of hydrogen-bond acceptors (Lipinski definition) is 5. The van der Waals surface area contributed by atoms with Crippen LogP contribution in [0.2, 0.25) is 0 Å². The van der Waals surface area contributed by atoms with Crippen molar-refractivity contribution in [3.05, 3.63) is 70.9 Å². The molecule has 0 fully saturated rings. The zero-order valence-corrected chi connectivity index (χ0v) is 13.5. The van der Waals surface area contributed by atoms with E-state index in [9.17, 15) is 9.59 Å². The Morgan fingerprint density at radius 1 is 0.917 bits per heavy atom. The van der Waals surface area contributed by atoms with Crippen LogP contribution in [0, 0.1) is 0 Å². The fraction of sp³-hybridized carbons (Fsp3) is 0.111. The minimum atomic E-state index is -0.218. The number of aromatic nitrogens is 2. The van der Waals surface area contributed by atoms with Crippen LogP contribution in [0.4, 0.5) is 0 Å². The van der Waals surface area contributed by atoms with Crippen molar-refractivity contribution < 1.29 is 9.59 Å². The molecule has 4 rings (SSSR count). The third-order valence-corrected chi connectivity index (χ3v) is 4.98. The molecule has 0 radical (unpaired) electrons. The molecule has 0 bridgehead atoms. The van der Waals surface area contributed by atoms with E-state index >= 15 is 0 Å². The number of thiazole rings is 1. The van der Waals surface area contributed by atoms with E-state index in [0.717, 1.165) is 15.6 Å². The monoisotopic (exact) mass is 335 g/mol. The predicted molar refractivity (Wildman–Crippen MR) is 90.9 cm³/mol. The lowest BCUT2D eigenvalue weighted by Gasteiger charge is -2.12. The van der Waals surface area contributed by atoms with Gasteiger partial charge in [0.15, 0.2) is 0 Å². The Balaban J connectivity index is 1.48. The van der Waals surface area contributed by atoms with Crippen LogP contribution in [0.1, 0.15) is 25.6 Å². The number of amides is 2. The Hall–Kier alpha value is -2.86. The van der Waals surface area contributed by atoms with E-state index in [1.54, 1.807) is 36.7 Å². The molecule has 24 heavy (non-hydrogen) atoms. The van der Waals surface area contributed by atoms with Gasteiger partial charge in [-0.15, -0.1) is 11.3 Å². The average molecular weight is 335 g/mol. The van der Waals surface area contributed by atoms with E-state index in [-0.39, 0.29) is 11.8 Å². The number of rotatable bonds is 4. The van der Waals surface area contributed by atoms with Gasteiger partial charge in [-0.25, -0.2) is 4.98 Å². The second-order valence-electron chi connectivity index (χ2n) is 5.40. The number of hydrogen-bond donors (Lipinski definition) is 0. The van der Waals surface area contributed by atoms with E-state index in [1.165, 1.54) is 16.2 Å². The van der Waals surface area contributed by atoms with Gasteiger partial charge in [-0.1, -0.05) is 18.2 Å². The smallest absolute Gasteiger partial charge is 0.261 e. The zero-order valence-electron chi connectivity index (χ0n) is 12.7. The van der Waals surface area contributed by atoms with E-state index < -0.39 is 0 Å². The van der Waals surface area contributed by atoms with Gasteiger partial charge in [0.25, 0.3) is 11.8 Å². The summed E-state index contributed by atoms with van der Waals surface area (Å²) in [5.41, 5.74) is 1.80. The molecule has 1 aliphatic heterocycles. The Bertz CT molecular complexity index is 886. The number of fused-ring (bicyclic) bond motifs is 1. The van der Waals surface area contributed by atoms with Gasteiger partial charge in [0, 0.05) is 30.2 Å². The molecular weight excluding hydrogens is 322 g/mol. The van der Waals surface area contributed by atoms with Crippen LogP contribution in [0.5, 0.6) is 0 Å². The number of imide groups is 1. The van der Waals surface area contributed by atoms with Crippen LogP contribution in [0.15, 0.2) is 54.9 Å². The standard InChI is InChI=1S/C18H13N3O2S/c22-17-13-5-1-2-6-14(13)18(23)21(17)10-8-12-11-20-16(24-12)15-7-3-4-9-19-15/h1-7,9,11H,8,10H2. The van der Waals surface area contributed by atoms with Gasteiger partial charge in [0.2, 0.25) is 0 Å². The first kappa shape index (κ1) is 14.7. The van der Waals surface area contributed by atoms with E-state index in [2.05, 4.69) is 9.97 Å². The molecule has 3 heterocycles. The van der Waals surface area contributed by atoms with Crippen LogP contribution in [-0.2, 0) is 6.42 Å². The van der Waals surface area contributed by atoms with Crippen molar-refractivity contribution in [1.29, 1.82) is 0 Å². The maximum atomic E-state index is 12.3. The second-order valence-corrected chi connectivity index (χ2v) is 6.52. The maximum absolute atomic E-state index is 12.3. The van der Waals surface area contributed by atoms with Gasteiger partial charge in [-0.05, 0) is 24.3 Å². The molecule has 0 aliphatic carbocycles. The fourth-order valence-electron chi connectivity index (χ4n) is 2.69. The van der Waals surface area contributed by atoms with E-state index in [1.807, 2.05) is 18.2 Å². The summed E-state index contributed by atoms with van der Waals surface area (Å²) < 4.78 is 0. The lowest BCUT2D eigenvalue weighted by Crippen LogP contribution is -2.31. The maximum Gasteiger partial charge on any atom is 0.261 e. The van der Waals surface area contributed by atoms with Gasteiger partial charge in [0.05, 0.1) is 16.8 Å². The lowest BCUT2D eigenvalue weighted by atomic mass is 10.1. The molecule has 6 heteroatoms. The van der Waals surface area contributed by atoms with Crippen LogP contribution in [0.25, 0.3) is 10.7 Å². The summed E-state index contributed by atoms with van der Waals surface area (Å²) in [7, 11) is 0. The SMILES string of the molecule is O=C1c2ccccc2C(=O)N1CCc1cnc(-c2ccccn2)s1. The summed E-state index contributed by atoms with van der Waals surface area (Å²) in [5, 5.41) is 0.841. The van der Waals surface area contributed by atoms with Crippen molar-refractivity contribution in [2.24, 2.45) is 0 Å². The highest BCUT2D eigenvalue weighted by Crippen LogP contribution is 2.26. The molecule has 2 amide bonds. The highest BCUT2D eigenvalue weighted by molar-refractivity contribution is 7.15. The normalized spacial score (nSPS) is 13.4. The van der Waals surface area contributed by atoms with E-state index in [4.69, 9.17) is 0 Å². The van der Waals surface area contributed by atoms with Crippen molar-refractivity contribution in [1.82, 2.24) is 14.9 Å².